The van der Waals surface area contributed by atoms with E-state index < -0.39 is 5.23 Å². The van der Waals surface area contributed by atoms with Gasteiger partial charge in [-0.2, -0.15) is 5.23 Å². The maximum Gasteiger partial charge on any atom is 0.172 e. The Labute approximate surface area is 103 Å². The number of quaternary nitrogens is 1. The summed E-state index contributed by atoms with van der Waals surface area (Å²) in [7, 11) is 0. The Hall–Kier alpha value is -2.14. The number of hydrogen-bond donors (Lipinski definition) is 3. The van der Waals surface area contributed by atoms with E-state index in [0.717, 1.165) is 16.2 Å². The van der Waals surface area contributed by atoms with Gasteiger partial charge in [-0.1, -0.05) is 24.3 Å². The van der Waals surface area contributed by atoms with E-state index in [0.29, 0.717) is 5.39 Å². The topological polar surface area (TPSA) is 68.0 Å². The van der Waals surface area contributed by atoms with E-state index in [1.165, 1.54) is 0 Å². The summed E-state index contributed by atoms with van der Waals surface area (Å²) in [6, 6.07) is 13.9. The molecule has 0 aliphatic carbocycles. The van der Waals surface area contributed by atoms with Crippen LogP contribution in [0.25, 0.3) is 21.5 Å². The molecule has 0 aromatic heterocycles. The highest BCUT2D eigenvalue weighted by Crippen LogP contribution is 2.31. The van der Waals surface area contributed by atoms with Gasteiger partial charge in [-0.3, -0.25) is 0 Å². The zero-order chi connectivity index (χ0) is 12.7. The van der Waals surface area contributed by atoms with Gasteiger partial charge in [-0.25, -0.2) is 5.21 Å². The van der Waals surface area contributed by atoms with Crippen LogP contribution in [0.2, 0.25) is 0 Å². The summed E-state index contributed by atoms with van der Waals surface area (Å²) >= 11 is 0. The van der Waals surface area contributed by atoms with Crippen LogP contribution in [-0.4, -0.2) is 10.3 Å². The molecule has 3 aromatic carbocycles. The van der Waals surface area contributed by atoms with Crippen LogP contribution >= 0.6 is 0 Å². The molecule has 3 rings (SSSR count). The zero-order valence-corrected chi connectivity index (χ0v) is 9.42. The molecule has 3 aromatic rings. The smallest absolute Gasteiger partial charge is 0.172 e. The molecule has 0 bridgehead atoms. The van der Waals surface area contributed by atoms with Crippen LogP contribution in [0.4, 0.5) is 5.69 Å². The van der Waals surface area contributed by atoms with E-state index in [2.05, 4.69) is 0 Å². The lowest BCUT2D eigenvalue weighted by molar-refractivity contribution is -0.990. The van der Waals surface area contributed by atoms with Crippen molar-refractivity contribution < 1.29 is 15.5 Å². The van der Waals surface area contributed by atoms with Crippen LogP contribution in [-0.2, 0) is 0 Å². The highest BCUT2D eigenvalue weighted by molar-refractivity contribution is 6.11. The average molecular weight is 241 g/mol. The predicted molar refractivity (Wildman–Crippen MR) is 68.9 cm³/mol. The van der Waals surface area contributed by atoms with E-state index in [1.807, 2.05) is 18.2 Å². The van der Waals surface area contributed by atoms with Gasteiger partial charge in [0.15, 0.2) is 5.69 Å². The van der Waals surface area contributed by atoms with E-state index in [9.17, 15) is 15.5 Å². The van der Waals surface area contributed by atoms with Crippen LogP contribution in [0.1, 0.15) is 0 Å². The Morgan fingerprint density at radius 3 is 2.33 bits per heavy atom. The second-order valence-corrected chi connectivity index (χ2v) is 4.18. The third-order valence-corrected chi connectivity index (χ3v) is 3.07. The molecule has 0 saturated heterocycles. The molecular formula is C14H11NO3. The molecule has 1 atom stereocenters. The van der Waals surface area contributed by atoms with Gasteiger partial charge >= 0.3 is 0 Å². The first-order valence-electron chi connectivity index (χ1n) is 5.54. The van der Waals surface area contributed by atoms with Gasteiger partial charge in [0.2, 0.25) is 0 Å². The van der Waals surface area contributed by atoms with Crippen LogP contribution in [0.15, 0.2) is 48.5 Å². The maximum atomic E-state index is 11.3. The molecule has 4 nitrogen and oxygen atoms in total. The molecule has 0 radical (unpaired) electrons. The second-order valence-electron chi connectivity index (χ2n) is 4.18. The molecule has 90 valence electrons. The van der Waals surface area contributed by atoms with Crippen molar-refractivity contribution in [1.29, 1.82) is 0 Å². The number of rotatable bonds is 1. The highest BCUT2D eigenvalue weighted by Gasteiger charge is 2.11. The van der Waals surface area contributed by atoms with Gasteiger partial charge in [0.25, 0.3) is 0 Å². The van der Waals surface area contributed by atoms with Gasteiger partial charge in [-0.15, -0.1) is 0 Å². The molecule has 0 aliphatic rings. The minimum atomic E-state index is -0.943. The van der Waals surface area contributed by atoms with E-state index in [1.54, 1.807) is 30.3 Å². The number of fused-ring (bicyclic) bond motifs is 3. The van der Waals surface area contributed by atoms with Crippen molar-refractivity contribution in [1.82, 2.24) is 0 Å². The molecule has 3 N–H and O–H groups in total. The molecular weight excluding hydrogens is 230 g/mol. The fourth-order valence-electron chi connectivity index (χ4n) is 2.27. The number of phenols is 1. The van der Waals surface area contributed by atoms with Crippen LogP contribution in [0.3, 0.4) is 0 Å². The number of phenolic OH excluding ortho intramolecular Hbond substituents is 1. The van der Waals surface area contributed by atoms with Crippen molar-refractivity contribution >= 4 is 27.2 Å². The summed E-state index contributed by atoms with van der Waals surface area (Å²) in [5.41, 5.74) is 0.281. The van der Waals surface area contributed by atoms with Crippen molar-refractivity contribution in [2.24, 2.45) is 0 Å². The SMILES string of the molecule is [O-][NH+](O)c1cc2ccc(O)cc2c2ccccc12. The molecule has 0 spiro atoms. The van der Waals surface area contributed by atoms with Crippen molar-refractivity contribution in [2.45, 2.75) is 0 Å². The number of hydrogen-bond acceptors (Lipinski definition) is 3. The standard InChI is InChI=1S/C14H11NO3/c16-10-6-5-9-7-14(15(17)18)12-4-2-1-3-11(12)13(9)8-10/h1-8,15-17H. The Morgan fingerprint density at radius 1 is 0.889 bits per heavy atom. The van der Waals surface area contributed by atoms with Crippen molar-refractivity contribution in [3.63, 3.8) is 0 Å². The summed E-state index contributed by atoms with van der Waals surface area (Å²) in [5.74, 6) is 0.177. The van der Waals surface area contributed by atoms with Crippen molar-refractivity contribution in [3.05, 3.63) is 53.7 Å². The van der Waals surface area contributed by atoms with Gasteiger partial charge in [0.05, 0.1) is 0 Å². The number of nitrogens with one attached hydrogen (secondary N) is 1. The molecule has 0 heterocycles. The molecule has 1 unspecified atom stereocenters. The van der Waals surface area contributed by atoms with Crippen LogP contribution in [0, 0.1) is 5.21 Å². The van der Waals surface area contributed by atoms with Gasteiger partial charge in [0.1, 0.15) is 5.75 Å². The largest absolute Gasteiger partial charge is 0.595 e. The Balaban J connectivity index is 2.53. The van der Waals surface area contributed by atoms with Crippen molar-refractivity contribution in [2.75, 3.05) is 0 Å². The summed E-state index contributed by atoms with van der Waals surface area (Å²) in [6.07, 6.45) is 0. The fourth-order valence-corrected chi connectivity index (χ4v) is 2.27. The molecule has 4 heteroatoms. The quantitative estimate of drug-likeness (QED) is 0.451. The average Bonchev–Trinajstić information content (AvgIpc) is 2.37. The van der Waals surface area contributed by atoms with E-state index in [4.69, 9.17) is 0 Å². The minimum absolute atomic E-state index is 0.177. The highest BCUT2D eigenvalue weighted by atomic mass is 16.8. The minimum Gasteiger partial charge on any atom is -0.595 e. The lowest BCUT2D eigenvalue weighted by atomic mass is 10.0. The Kier molecular flexibility index (Phi) is 2.41. The normalized spacial score (nSPS) is 13.0. The van der Waals surface area contributed by atoms with Gasteiger partial charge < -0.3 is 10.3 Å². The number of benzene rings is 3. The van der Waals surface area contributed by atoms with Gasteiger partial charge in [-0.05, 0) is 34.4 Å². The maximum absolute atomic E-state index is 11.3. The monoisotopic (exact) mass is 241 g/mol. The van der Waals surface area contributed by atoms with E-state index >= 15 is 0 Å². The lowest BCUT2D eigenvalue weighted by Gasteiger charge is -2.15. The first-order chi connectivity index (χ1) is 8.66. The number of aromatic hydroxyl groups is 1. The van der Waals surface area contributed by atoms with Crippen molar-refractivity contribution in [3.8, 4) is 5.75 Å². The predicted octanol–water partition coefficient (Wildman–Crippen LogP) is 2.10. The van der Waals surface area contributed by atoms with Gasteiger partial charge in [0, 0.05) is 11.5 Å². The summed E-state index contributed by atoms with van der Waals surface area (Å²) in [5, 5.41) is 32.3. The molecule has 0 saturated carbocycles. The molecule has 0 fully saturated rings. The van der Waals surface area contributed by atoms with E-state index in [-0.39, 0.29) is 11.4 Å². The van der Waals surface area contributed by atoms with Crippen LogP contribution in [0.5, 0.6) is 5.75 Å². The summed E-state index contributed by atoms with van der Waals surface area (Å²) < 4.78 is 0. The molecule has 0 aliphatic heterocycles. The first kappa shape index (κ1) is 11.0. The summed E-state index contributed by atoms with van der Waals surface area (Å²) in [4.78, 5) is 0. The third-order valence-electron chi connectivity index (χ3n) is 3.07. The van der Waals surface area contributed by atoms with Crippen LogP contribution < -0.4 is 5.23 Å². The fraction of sp³-hybridized carbons (Fsp3) is 0. The second kappa shape index (κ2) is 3.96. The Bertz CT molecular complexity index is 738. The third kappa shape index (κ3) is 1.60. The lowest BCUT2D eigenvalue weighted by Crippen LogP contribution is -2.99. The molecule has 18 heavy (non-hydrogen) atoms. The summed E-state index contributed by atoms with van der Waals surface area (Å²) in [6.45, 7) is 0. The first-order valence-corrected chi connectivity index (χ1v) is 5.54. The molecule has 0 amide bonds. The zero-order valence-electron chi connectivity index (χ0n) is 9.42. The Morgan fingerprint density at radius 2 is 1.61 bits per heavy atom.